The Labute approximate surface area is 187 Å². The van der Waals surface area contributed by atoms with Gasteiger partial charge in [-0.15, -0.1) is 11.3 Å². The molecule has 4 rings (SSSR count). The molecule has 2 fully saturated rings. The van der Waals surface area contributed by atoms with E-state index in [-0.39, 0.29) is 11.3 Å². The first-order valence-corrected chi connectivity index (χ1v) is 11.4. The second-order valence-electron chi connectivity index (χ2n) is 7.43. The summed E-state index contributed by atoms with van der Waals surface area (Å²) in [5.74, 6) is 0.151. The largest absolute Gasteiger partial charge is 0.381 e. The summed E-state index contributed by atoms with van der Waals surface area (Å²) in [4.78, 5) is 20.8. The molecular formula is C22H27ClN4O2S. The van der Waals surface area contributed by atoms with E-state index in [0.717, 1.165) is 68.1 Å². The molecule has 2 saturated heterocycles. The van der Waals surface area contributed by atoms with Gasteiger partial charge in [0.05, 0.1) is 11.8 Å². The number of rotatable bonds is 3. The van der Waals surface area contributed by atoms with Crippen LogP contribution in [0.3, 0.4) is 0 Å². The third-order valence-electron chi connectivity index (χ3n) is 5.72. The zero-order chi connectivity index (χ0) is 21.6. The van der Waals surface area contributed by atoms with Crippen molar-refractivity contribution in [1.29, 1.82) is 5.26 Å². The number of aromatic nitrogens is 1. The molecule has 2 aromatic rings. The normalized spacial score (nSPS) is 18.2. The SMILES string of the molecule is CC#N.CC(=O)N1CCN(c2nc(C3(c4ccc(Cl)cc4)CCOCC3)cs2)CC1. The number of nitrogens with zero attached hydrogens (tertiary/aromatic N) is 4. The van der Waals surface area contributed by atoms with Crippen LogP contribution in [-0.2, 0) is 14.9 Å². The number of hydrogen-bond acceptors (Lipinski definition) is 6. The third kappa shape index (κ3) is 4.94. The molecule has 0 aliphatic carbocycles. The van der Waals surface area contributed by atoms with Crippen molar-refractivity contribution in [2.24, 2.45) is 0 Å². The first-order valence-electron chi connectivity index (χ1n) is 10.1. The summed E-state index contributed by atoms with van der Waals surface area (Å²) in [5, 5.41) is 11.3. The molecule has 8 heteroatoms. The van der Waals surface area contributed by atoms with Crippen molar-refractivity contribution in [1.82, 2.24) is 9.88 Å². The molecule has 0 atom stereocenters. The molecule has 6 nitrogen and oxygen atoms in total. The lowest BCUT2D eigenvalue weighted by molar-refractivity contribution is -0.129. The van der Waals surface area contributed by atoms with Gasteiger partial charge in [0.1, 0.15) is 0 Å². The van der Waals surface area contributed by atoms with Gasteiger partial charge in [0.15, 0.2) is 5.13 Å². The summed E-state index contributed by atoms with van der Waals surface area (Å²) in [5.41, 5.74) is 2.27. The summed E-state index contributed by atoms with van der Waals surface area (Å²) in [7, 11) is 0. The zero-order valence-corrected chi connectivity index (χ0v) is 19.0. The standard InChI is InChI=1S/C20H24ClN3O2S.C2H3N/c1-15(25)23-8-10-24(11-9-23)19-22-18(14-27-19)20(6-12-26-13-7-20)16-2-4-17(21)5-3-16;1-2-3/h2-5,14H,6-13H2,1H3;1H3. The molecule has 1 aromatic heterocycles. The van der Waals surface area contributed by atoms with E-state index >= 15 is 0 Å². The van der Waals surface area contributed by atoms with Crippen LogP contribution < -0.4 is 4.90 Å². The van der Waals surface area contributed by atoms with Gasteiger partial charge >= 0.3 is 0 Å². The number of carbonyl (C=O) groups is 1. The highest BCUT2D eigenvalue weighted by molar-refractivity contribution is 7.13. The molecule has 30 heavy (non-hydrogen) atoms. The van der Waals surface area contributed by atoms with E-state index < -0.39 is 0 Å². The molecule has 0 saturated carbocycles. The third-order valence-corrected chi connectivity index (χ3v) is 6.87. The average Bonchev–Trinajstić information content (AvgIpc) is 3.26. The number of hydrogen-bond donors (Lipinski definition) is 0. The number of piperazine rings is 1. The van der Waals surface area contributed by atoms with Crippen molar-refractivity contribution >= 4 is 34.0 Å². The fourth-order valence-corrected chi connectivity index (χ4v) is 5.13. The second kappa shape index (κ2) is 10.3. The predicted octanol–water partition coefficient (Wildman–Crippen LogP) is 4.09. The first kappa shape index (κ1) is 22.5. The maximum absolute atomic E-state index is 11.5. The highest BCUT2D eigenvalue weighted by atomic mass is 35.5. The van der Waals surface area contributed by atoms with Gasteiger partial charge in [-0.05, 0) is 30.5 Å². The van der Waals surface area contributed by atoms with E-state index in [1.165, 1.54) is 12.5 Å². The summed E-state index contributed by atoms with van der Waals surface area (Å²) < 4.78 is 5.65. The van der Waals surface area contributed by atoms with E-state index in [1.807, 2.05) is 17.0 Å². The molecular weight excluding hydrogens is 420 g/mol. The van der Waals surface area contributed by atoms with Crippen LogP contribution in [0.5, 0.6) is 0 Å². The van der Waals surface area contributed by atoms with E-state index in [1.54, 1.807) is 24.3 Å². The minimum absolute atomic E-state index is 0.112. The molecule has 0 spiro atoms. The van der Waals surface area contributed by atoms with Crippen molar-refractivity contribution in [3.05, 3.63) is 45.9 Å². The Balaban J connectivity index is 0.000000806. The van der Waals surface area contributed by atoms with Crippen molar-refractivity contribution in [3.63, 3.8) is 0 Å². The minimum Gasteiger partial charge on any atom is -0.381 e. The van der Waals surface area contributed by atoms with Crippen molar-refractivity contribution in [2.75, 3.05) is 44.3 Å². The Bertz CT molecular complexity index is 879. The Kier molecular flexibility index (Phi) is 7.70. The van der Waals surface area contributed by atoms with Crippen LogP contribution in [0.2, 0.25) is 5.02 Å². The van der Waals surface area contributed by atoms with Crippen LogP contribution in [0.4, 0.5) is 5.13 Å². The van der Waals surface area contributed by atoms with Gasteiger partial charge < -0.3 is 14.5 Å². The minimum atomic E-state index is -0.112. The molecule has 0 radical (unpaired) electrons. The number of thiazole rings is 1. The predicted molar refractivity (Wildman–Crippen MR) is 120 cm³/mol. The van der Waals surface area contributed by atoms with Gasteiger partial charge in [-0.1, -0.05) is 23.7 Å². The smallest absolute Gasteiger partial charge is 0.219 e. The molecule has 3 heterocycles. The second-order valence-corrected chi connectivity index (χ2v) is 8.71. The van der Waals surface area contributed by atoms with Gasteiger partial charge in [-0.3, -0.25) is 4.79 Å². The maximum Gasteiger partial charge on any atom is 0.219 e. The lowest BCUT2D eigenvalue weighted by atomic mass is 9.72. The van der Waals surface area contributed by atoms with Gasteiger partial charge in [0.25, 0.3) is 0 Å². The van der Waals surface area contributed by atoms with Crippen LogP contribution in [0.1, 0.15) is 37.9 Å². The highest BCUT2D eigenvalue weighted by Gasteiger charge is 2.39. The molecule has 0 bridgehead atoms. The lowest BCUT2D eigenvalue weighted by Gasteiger charge is -2.37. The molecule has 0 N–H and O–H groups in total. The lowest BCUT2D eigenvalue weighted by Crippen LogP contribution is -2.48. The van der Waals surface area contributed by atoms with Crippen molar-refractivity contribution in [3.8, 4) is 6.07 Å². The van der Waals surface area contributed by atoms with Crippen LogP contribution in [0.25, 0.3) is 0 Å². The number of halogens is 1. The highest BCUT2D eigenvalue weighted by Crippen LogP contribution is 2.42. The Morgan fingerprint density at radius 1 is 1.20 bits per heavy atom. The number of anilines is 1. The van der Waals surface area contributed by atoms with Crippen molar-refractivity contribution in [2.45, 2.75) is 32.1 Å². The summed E-state index contributed by atoms with van der Waals surface area (Å²) >= 11 is 7.81. The van der Waals surface area contributed by atoms with E-state index in [2.05, 4.69) is 22.4 Å². The molecule has 1 amide bonds. The van der Waals surface area contributed by atoms with E-state index in [9.17, 15) is 4.79 Å². The number of amides is 1. The molecule has 1 aromatic carbocycles. The zero-order valence-electron chi connectivity index (χ0n) is 17.4. The maximum atomic E-state index is 11.5. The quantitative estimate of drug-likeness (QED) is 0.710. The number of ether oxygens (including phenoxy) is 1. The van der Waals surface area contributed by atoms with Gasteiger partial charge in [-0.2, -0.15) is 5.26 Å². The fraction of sp³-hybridized carbons (Fsp3) is 0.500. The topological polar surface area (TPSA) is 69.5 Å². The fourth-order valence-electron chi connectivity index (χ4n) is 4.02. The molecule has 2 aliphatic heterocycles. The van der Waals surface area contributed by atoms with Crippen LogP contribution in [0, 0.1) is 11.3 Å². The van der Waals surface area contributed by atoms with E-state index in [0.29, 0.717) is 0 Å². The van der Waals surface area contributed by atoms with Gasteiger partial charge in [0, 0.05) is 69.1 Å². The first-order chi connectivity index (χ1) is 14.5. The number of benzene rings is 1. The monoisotopic (exact) mass is 446 g/mol. The van der Waals surface area contributed by atoms with E-state index in [4.69, 9.17) is 26.6 Å². The van der Waals surface area contributed by atoms with Crippen LogP contribution in [-0.4, -0.2) is 55.2 Å². The Hall–Kier alpha value is -2.14. The van der Waals surface area contributed by atoms with Crippen LogP contribution in [0.15, 0.2) is 29.6 Å². The summed E-state index contributed by atoms with van der Waals surface area (Å²) in [6.45, 7) is 7.76. The van der Waals surface area contributed by atoms with Gasteiger partial charge in [0.2, 0.25) is 5.91 Å². The number of carbonyl (C=O) groups excluding carboxylic acids is 1. The summed E-state index contributed by atoms with van der Waals surface area (Å²) in [6, 6.07) is 9.92. The molecule has 2 aliphatic rings. The van der Waals surface area contributed by atoms with Gasteiger partial charge in [-0.25, -0.2) is 4.98 Å². The van der Waals surface area contributed by atoms with Crippen molar-refractivity contribution < 1.29 is 9.53 Å². The number of nitriles is 1. The average molecular weight is 447 g/mol. The Morgan fingerprint density at radius 2 is 1.80 bits per heavy atom. The molecule has 160 valence electrons. The summed E-state index contributed by atoms with van der Waals surface area (Å²) in [6.07, 6.45) is 1.85. The Morgan fingerprint density at radius 3 is 2.37 bits per heavy atom. The molecule has 0 unspecified atom stereocenters. The van der Waals surface area contributed by atoms with Crippen LogP contribution >= 0.6 is 22.9 Å².